The maximum absolute atomic E-state index is 12.5. The van der Waals surface area contributed by atoms with Crippen molar-refractivity contribution < 1.29 is 22.6 Å². The van der Waals surface area contributed by atoms with Crippen molar-refractivity contribution in [3.05, 3.63) is 35.7 Å². The first-order valence-electron chi connectivity index (χ1n) is 6.86. The van der Waals surface area contributed by atoms with Crippen LogP contribution in [0.1, 0.15) is 24.3 Å². The lowest BCUT2D eigenvalue weighted by Crippen LogP contribution is -3.08. The van der Waals surface area contributed by atoms with Gasteiger partial charge in [-0.1, -0.05) is 17.3 Å². The number of quaternary nitrogens is 1. The van der Waals surface area contributed by atoms with Gasteiger partial charge >= 0.3 is 6.18 Å². The fourth-order valence-corrected chi connectivity index (χ4v) is 2.52. The third kappa shape index (κ3) is 3.24. The Bertz CT molecular complexity index is 601. The largest absolute Gasteiger partial charge is 0.416 e. The second-order valence-electron chi connectivity index (χ2n) is 5.22. The van der Waals surface area contributed by atoms with Crippen molar-refractivity contribution in [1.29, 1.82) is 0 Å². The molecular weight excluding hydrogens is 283 g/mol. The van der Waals surface area contributed by atoms with Crippen molar-refractivity contribution >= 4 is 0 Å². The summed E-state index contributed by atoms with van der Waals surface area (Å²) < 4.78 is 42.7. The van der Waals surface area contributed by atoms with Gasteiger partial charge in [-0.3, -0.25) is 0 Å². The molecule has 1 saturated heterocycles. The molecule has 1 aliphatic rings. The zero-order valence-corrected chi connectivity index (χ0v) is 11.3. The summed E-state index contributed by atoms with van der Waals surface area (Å²) in [5, 5.41) is 3.84. The molecule has 0 unspecified atom stereocenters. The second kappa shape index (κ2) is 5.48. The number of rotatable bonds is 3. The summed E-state index contributed by atoms with van der Waals surface area (Å²) in [6.07, 6.45) is -1.93. The van der Waals surface area contributed by atoms with E-state index in [0.717, 1.165) is 25.2 Å². The molecule has 1 aromatic carbocycles. The predicted octanol–water partition coefficient (Wildman–Crippen LogP) is 1.93. The maximum Gasteiger partial charge on any atom is 0.416 e. The fraction of sp³-hybridized carbons (Fsp3) is 0.429. The molecule has 0 bridgehead atoms. The number of benzene rings is 1. The molecule has 21 heavy (non-hydrogen) atoms. The number of likely N-dealkylation sites (tertiary alicyclic amines) is 1. The van der Waals surface area contributed by atoms with Crippen molar-refractivity contribution in [2.75, 3.05) is 13.1 Å². The van der Waals surface area contributed by atoms with E-state index >= 15 is 0 Å². The zero-order chi connectivity index (χ0) is 14.9. The molecule has 112 valence electrons. The molecule has 7 heteroatoms. The van der Waals surface area contributed by atoms with Crippen LogP contribution >= 0.6 is 0 Å². The van der Waals surface area contributed by atoms with Gasteiger partial charge in [0.05, 0.1) is 18.7 Å². The Morgan fingerprint density at radius 1 is 1.10 bits per heavy atom. The van der Waals surface area contributed by atoms with E-state index in [2.05, 4.69) is 10.1 Å². The Hall–Kier alpha value is -1.89. The Kier molecular flexibility index (Phi) is 3.67. The van der Waals surface area contributed by atoms with Gasteiger partial charge in [-0.25, -0.2) is 0 Å². The fourth-order valence-electron chi connectivity index (χ4n) is 2.52. The molecule has 1 fully saturated rings. The summed E-state index contributed by atoms with van der Waals surface area (Å²) in [6, 6.07) is 4.77. The number of hydrogen-bond donors (Lipinski definition) is 1. The Balaban J connectivity index is 1.73. The van der Waals surface area contributed by atoms with E-state index in [1.54, 1.807) is 0 Å². The molecule has 0 radical (unpaired) electrons. The highest BCUT2D eigenvalue weighted by atomic mass is 19.4. The van der Waals surface area contributed by atoms with Crippen LogP contribution in [0.4, 0.5) is 13.2 Å². The average molecular weight is 298 g/mol. The van der Waals surface area contributed by atoms with Gasteiger partial charge in [-0.15, -0.1) is 0 Å². The van der Waals surface area contributed by atoms with E-state index in [1.807, 2.05) is 0 Å². The normalized spacial score (nSPS) is 16.5. The highest BCUT2D eigenvalue weighted by Gasteiger charge is 2.30. The van der Waals surface area contributed by atoms with Crippen LogP contribution in [0.5, 0.6) is 0 Å². The van der Waals surface area contributed by atoms with E-state index in [0.29, 0.717) is 23.8 Å². The molecule has 0 amide bonds. The van der Waals surface area contributed by atoms with Crippen molar-refractivity contribution in [3.63, 3.8) is 0 Å². The second-order valence-corrected chi connectivity index (χ2v) is 5.22. The standard InChI is InChI=1S/C14H14F3N3O/c15-14(16,17)11-5-3-10(4-6-11)13-18-12(21-19-13)9-20-7-1-2-8-20/h3-6H,1-2,7-9H2/p+1. The van der Waals surface area contributed by atoms with Crippen molar-refractivity contribution in [1.82, 2.24) is 10.1 Å². The van der Waals surface area contributed by atoms with Gasteiger partial charge in [0.25, 0.3) is 5.89 Å². The third-order valence-electron chi connectivity index (χ3n) is 3.65. The Morgan fingerprint density at radius 3 is 2.38 bits per heavy atom. The first kappa shape index (κ1) is 14.1. The smallest absolute Gasteiger partial charge is 0.333 e. The summed E-state index contributed by atoms with van der Waals surface area (Å²) in [4.78, 5) is 5.66. The monoisotopic (exact) mass is 298 g/mol. The summed E-state index contributed by atoms with van der Waals surface area (Å²) >= 11 is 0. The van der Waals surface area contributed by atoms with E-state index < -0.39 is 11.7 Å². The molecular formula is C14H15F3N3O+. The van der Waals surface area contributed by atoms with Crippen LogP contribution < -0.4 is 4.90 Å². The van der Waals surface area contributed by atoms with Gasteiger partial charge < -0.3 is 9.42 Å². The quantitative estimate of drug-likeness (QED) is 0.941. The third-order valence-corrected chi connectivity index (χ3v) is 3.65. The molecule has 0 spiro atoms. The molecule has 4 nitrogen and oxygen atoms in total. The molecule has 1 aliphatic heterocycles. The molecule has 1 aromatic heterocycles. The number of nitrogens with zero attached hydrogens (tertiary/aromatic N) is 2. The minimum absolute atomic E-state index is 0.331. The molecule has 2 heterocycles. The number of alkyl halides is 3. The number of halogens is 3. The van der Waals surface area contributed by atoms with Gasteiger partial charge in [0.2, 0.25) is 5.82 Å². The van der Waals surface area contributed by atoms with Gasteiger partial charge in [0.15, 0.2) is 6.54 Å². The van der Waals surface area contributed by atoms with Gasteiger partial charge in [0.1, 0.15) is 0 Å². The highest BCUT2D eigenvalue weighted by molar-refractivity contribution is 5.54. The molecule has 0 atom stereocenters. The van der Waals surface area contributed by atoms with Crippen LogP contribution in [0.25, 0.3) is 11.4 Å². The molecule has 2 aromatic rings. The molecule has 0 aliphatic carbocycles. The minimum atomic E-state index is -4.33. The van der Waals surface area contributed by atoms with E-state index in [-0.39, 0.29) is 0 Å². The first-order valence-corrected chi connectivity index (χ1v) is 6.86. The average Bonchev–Trinajstić information content (AvgIpc) is 3.10. The van der Waals surface area contributed by atoms with E-state index in [4.69, 9.17) is 4.52 Å². The van der Waals surface area contributed by atoms with Crippen LogP contribution in [-0.2, 0) is 12.7 Å². The highest BCUT2D eigenvalue weighted by Crippen LogP contribution is 2.30. The van der Waals surface area contributed by atoms with Crippen LogP contribution in [0, 0.1) is 0 Å². The van der Waals surface area contributed by atoms with E-state index in [1.165, 1.54) is 29.9 Å². The lowest BCUT2D eigenvalue weighted by Gasteiger charge is -2.07. The lowest BCUT2D eigenvalue weighted by atomic mass is 10.1. The van der Waals surface area contributed by atoms with Crippen LogP contribution in [-0.4, -0.2) is 23.2 Å². The van der Waals surface area contributed by atoms with Crippen molar-refractivity contribution in [2.24, 2.45) is 0 Å². The van der Waals surface area contributed by atoms with Gasteiger partial charge in [0, 0.05) is 18.4 Å². The maximum atomic E-state index is 12.5. The molecule has 1 N–H and O–H groups in total. The minimum Gasteiger partial charge on any atom is -0.333 e. The molecule has 3 rings (SSSR count). The first-order chi connectivity index (χ1) is 10.0. The van der Waals surface area contributed by atoms with Crippen molar-refractivity contribution in [2.45, 2.75) is 25.6 Å². The number of aromatic nitrogens is 2. The number of hydrogen-bond acceptors (Lipinski definition) is 3. The topological polar surface area (TPSA) is 43.4 Å². The lowest BCUT2D eigenvalue weighted by molar-refractivity contribution is -0.902. The van der Waals surface area contributed by atoms with Gasteiger partial charge in [-0.2, -0.15) is 18.2 Å². The summed E-state index contributed by atoms with van der Waals surface area (Å²) in [5.41, 5.74) is -0.161. The van der Waals surface area contributed by atoms with E-state index in [9.17, 15) is 13.2 Å². The predicted molar refractivity (Wildman–Crippen MR) is 68.4 cm³/mol. The summed E-state index contributed by atoms with van der Waals surface area (Å²) in [5.74, 6) is 0.860. The van der Waals surface area contributed by atoms with Crippen molar-refractivity contribution in [3.8, 4) is 11.4 Å². The zero-order valence-electron chi connectivity index (χ0n) is 11.3. The summed E-state index contributed by atoms with van der Waals surface area (Å²) in [6.45, 7) is 2.86. The Labute approximate surface area is 119 Å². The van der Waals surface area contributed by atoms with Crippen LogP contribution in [0.15, 0.2) is 28.8 Å². The van der Waals surface area contributed by atoms with Crippen LogP contribution in [0.3, 0.4) is 0 Å². The Morgan fingerprint density at radius 2 is 1.76 bits per heavy atom. The summed E-state index contributed by atoms with van der Waals surface area (Å²) in [7, 11) is 0. The number of nitrogens with one attached hydrogen (secondary N) is 1. The van der Waals surface area contributed by atoms with Crippen LogP contribution in [0.2, 0.25) is 0 Å². The molecule has 0 saturated carbocycles. The SMILES string of the molecule is FC(F)(F)c1ccc(-c2noc(C[NH+]3CCCC3)n2)cc1. The van der Waals surface area contributed by atoms with Gasteiger partial charge in [-0.05, 0) is 12.1 Å².